The molecule has 2 nitrogen and oxygen atoms in total. The molecule has 0 unspecified atom stereocenters. The molecule has 1 aliphatic rings. The van der Waals surface area contributed by atoms with Crippen molar-refractivity contribution in [3.8, 4) is 0 Å². The van der Waals surface area contributed by atoms with Gasteiger partial charge in [0.15, 0.2) is 0 Å². The molecule has 0 aliphatic carbocycles. The molecule has 0 bridgehead atoms. The summed E-state index contributed by atoms with van der Waals surface area (Å²) in [6, 6.07) is 10.3. The Balaban J connectivity index is 1.96. The fourth-order valence-corrected chi connectivity index (χ4v) is 1.86. The summed E-state index contributed by atoms with van der Waals surface area (Å²) in [6.45, 7) is 3.05. The smallest absolute Gasteiger partial charge is 0.104 e. The summed E-state index contributed by atoms with van der Waals surface area (Å²) in [5.74, 6) is 0. The average molecular weight is 217 g/mol. The van der Waals surface area contributed by atoms with Crippen LogP contribution >= 0.6 is 0 Å². The molecule has 2 heteroatoms. The Morgan fingerprint density at radius 2 is 2.12 bits per heavy atom. The Morgan fingerprint density at radius 3 is 2.88 bits per heavy atom. The molecule has 86 valence electrons. The zero-order valence-electron chi connectivity index (χ0n) is 9.80. The fraction of sp³-hybridized carbons (Fsp3) is 0.429. The first kappa shape index (κ1) is 11.2. The molecule has 0 spiro atoms. The highest BCUT2D eigenvalue weighted by Crippen LogP contribution is 2.20. The first-order valence-corrected chi connectivity index (χ1v) is 6.06. The lowest BCUT2D eigenvalue weighted by Crippen LogP contribution is -2.32. The van der Waals surface area contributed by atoms with Crippen LogP contribution in [0.3, 0.4) is 0 Å². The molecule has 0 fully saturated rings. The maximum absolute atomic E-state index is 5.92. The summed E-state index contributed by atoms with van der Waals surface area (Å²) in [5.41, 5.74) is 1.13. The van der Waals surface area contributed by atoms with Gasteiger partial charge < -0.3 is 0 Å². The van der Waals surface area contributed by atoms with Gasteiger partial charge in [-0.15, -0.1) is 0 Å². The minimum atomic E-state index is 0.244. The van der Waals surface area contributed by atoms with Crippen LogP contribution < -0.4 is 5.06 Å². The predicted octanol–water partition coefficient (Wildman–Crippen LogP) is 3.55. The van der Waals surface area contributed by atoms with Crippen LogP contribution in [0.4, 0.5) is 5.69 Å². The highest BCUT2D eigenvalue weighted by Gasteiger charge is 2.15. The summed E-state index contributed by atoms with van der Waals surface area (Å²) in [4.78, 5) is 5.92. The van der Waals surface area contributed by atoms with Crippen LogP contribution in [0, 0.1) is 0 Å². The van der Waals surface area contributed by atoms with Crippen LogP contribution in [0.25, 0.3) is 0 Å². The summed E-state index contributed by atoms with van der Waals surface area (Å²) in [5, 5.41) is 1.97. The Morgan fingerprint density at radius 1 is 1.31 bits per heavy atom. The van der Waals surface area contributed by atoms with Crippen LogP contribution in [-0.4, -0.2) is 12.6 Å². The lowest BCUT2D eigenvalue weighted by molar-refractivity contribution is 0.0525. The Labute approximate surface area is 97.5 Å². The van der Waals surface area contributed by atoms with E-state index in [-0.39, 0.29) is 6.10 Å². The third-order valence-electron chi connectivity index (χ3n) is 2.77. The first-order valence-electron chi connectivity index (χ1n) is 6.06. The number of unbranched alkanes of at least 4 members (excludes halogenated alkanes) is 1. The van der Waals surface area contributed by atoms with E-state index in [2.05, 4.69) is 31.2 Å². The lowest BCUT2D eigenvalue weighted by atomic mass is 10.1. The van der Waals surface area contributed by atoms with Gasteiger partial charge in [0.1, 0.15) is 6.10 Å². The van der Waals surface area contributed by atoms with E-state index >= 15 is 0 Å². The van der Waals surface area contributed by atoms with Crippen LogP contribution in [-0.2, 0) is 4.84 Å². The van der Waals surface area contributed by atoms with E-state index < -0.39 is 0 Å². The van der Waals surface area contributed by atoms with E-state index in [1.807, 2.05) is 23.3 Å². The van der Waals surface area contributed by atoms with Crippen LogP contribution in [0.2, 0.25) is 0 Å². The average Bonchev–Trinajstić information content (AvgIpc) is 2.38. The maximum atomic E-state index is 5.92. The van der Waals surface area contributed by atoms with Gasteiger partial charge in [0.05, 0.1) is 12.2 Å². The van der Waals surface area contributed by atoms with Crippen molar-refractivity contribution >= 4 is 5.69 Å². The van der Waals surface area contributed by atoms with Gasteiger partial charge in [0.25, 0.3) is 0 Å². The Bertz CT molecular complexity index is 334. The molecule has 16 heavy (non-hydrogen) atoms. The zero-order valence-corrected chi connectivity index (χ0v) is 9.80. The Kier molecular flexibility index (Phi) is 4.00. The van der Waals surface area contributed by atoms with Crippen molar-refractivity contribution in [1.29, 1.82) is 0 Å². The SMILES string of the molecule is CCCC[C@@H]1C=CCN(c2ccccc2)O1. The fourth-order valence-electron chi connectivity index (χ4n) is 1.86. The molecule has 0 N–H and O–H groups in total. The molecule has 1 atom stereocenters. The predicted molar refractivity (Wildman–Crippen MR) is 67.3 cm³/mol. The molecular weight excluding hydrogens is 198 g/mol. The van der Waals surface area contributed by atoms with Crippen molar-refractivity contribution in [3.63, 3.8) is 0 Å². The third kappa shape index (κ3) is 2.86. The zero-order chi connectivity index (χ0) is 11.2. The number of anilines is 1. The normalized spacial score (nSPS) is 20.1. The monoisotopic (exact) mass is 217 g/mol. The van der Waals surface area contributed by atoms with Gasteiger partial charge in [-0.2, -0.15) is 0 Å². The van der Waals surface area contributed by atoms with E-state index in [4.69, 9.17) is 4.84 Å². The van der Waals surface area contributed by atoms with Gasteiger partial charge >= 0.3 is 0 Å². The summed E-state index contributed by atoms with van der Waals surface area (Å²) in [7, 11) is 0. The maximum Gasteiger partial charge on any atom is 0.104 e. The van der Waals surface area contributed by atoms with Crippen LogP contribution in [0.15, 0.2) is 42.5 Å². The van der Waals surface area contributed by atoms with Gasteiger partial charge in [-0.1, -0.05) is 50.1 Å². The number of nitrogens with zero attached hydrogens (tertiary/aromatic N) is 1. The second kappa shape index (κ2) is 5.71. The van der Waals surface area contributed by atoms with Crippen molar-refractivity contribution in [2.75, 3.05) is 11.6 Å². The number of rotatable bonds is 4. The van der Waals surface area contributed by atoms with Crippen molar-refractivity contribution in [2.24, 2.45) is 0 Å². The van der Waals surface area contributed by atoms with E-state index in [0.717, 1.165) is 18.7 Å². The topological polar surface area (TPSA) is 12.5 Å². The number of benzene rings is 1. The van der Waals surface area contributed by atoms with Gasteiger partial charge in [0.2, 0.25) is 0 Å². The van der Waals surface area contributed by atoms with Crippen molar-refractivity contribution in [3.05, 3.63) is 42.5 Å². The minimum Gasteiger partial charge on any atom is -0.266 e. The first-order chi connectivity index (χ1) is 7.90. The highest BCUT2D eigenvalue weighted by molar-refractivity contribution is 5.44. The third-order valence-corrected chi connectivity index (χ3v) is 2.77. The molecule has 2 rings (SSSR count). The van der Waals surface area contributed by atoms with Crippen LogP contribution in [0.1, 0.15) is 26.2 Å². The molecule has 1 heterocycles. The van der Waals surface area contributed by atoms with Gasteiger partial charge in [-0.25, -0.2) is 5.06 Å². The number of hydrogen-bond acceptors (Lipinski definition) is 2. The second-order valence-corrected chi connectivity index (χ2v) is 4.11. The second-order valence-electron chi connectivity index (χ2n) is 4.11. The number of para-hydroxylation sites is 1. The molecule has 0 saturated carbocycles. The standard InChI is InChI=1S/C14H19NO/c1-2-3-10-14-11-7-12-15(16-14)13-8-5-4-6-9-13/h4-9,11,14H,2-3,10,12H2,1H3/t14-/m1/s1. The summed E-state index contributed by atoms with van der Waals surface area (Å²) >= 11 is 0. The number of hydroxylamine groups is 1. The molecule has 0 saturated heterocycles. The van der Waals surface area contributed by atoms with E-state index in [1.165, 1.54) is 12.8 Å². The molecule has 1 aliphatic heterocycles. The van der Waals surface area contributed by atoms with Gasteiger partial charge in [-0.05, 0) is 18.6 Å². The van der Waals surface area contributed by atoms with Crippen LogP contribution in [0.5, 0.6) is 0 Å². The Hall–Kier alpha value is -1.28. The molecule has 0 radical (unpaired) electrons. The number of hydrogen-bond donors (Lipinski definition) is 0. The largest absolute Gasteiger partial charge is 0.266 e. The van der Waals surface area contributed by atoms with Crippen molar-refractivity contribution in [2.45, 2.75) is 32.3 Å². The molecule has 0 amide bonds. The minimum absolute atomic E-state index is 0.244. The molecule has 1 aromatic carbocycles. The van der Waals surface area contributed by atoms with E-state index in [1.54, 1.807) is 0 Å². The summed E-state index contributed by atoms with van der Waals surface area (Å²) < 4.78 is 0. The van der Waals surface area contributed by atoms with Gasteiger partial charge in [0, 0.05) is 0 Å². The lowest BCUT2D eigenvalue weighted by Gasteiger charge is -2.30. The van der Waals surface area contributed by atoms with Crippen molar-refractivity contribution in [1.82, 2.24) is 0 Å². The van der Waals surface area contributed by atoms with E-state index in [9.17, 15) is 0 Å². The molecule has 0 aromatic heterocycles. The molecular formula is C14H19NO. The molecule has 1 aromatic rings. The van der Waals surface area contributed by atoms with E-state index in [0.29, 0.717) is 0 Å². The summed E-state index contributed by atoms with van der Waals surface area (Å²) in [6.07, 6.45) is 8.16. The van der Waals surface area contributed by atoms with Crippen molar-refractivity contribution < 1.29 is 4.84 Å². The highest BCUT2D eigenvalue weighted by atomic mass is 16.7. The van der Waals surface area contributed by atoms with Gasteiger partial charge in [-0.3, -0.25) is 4.84 Å². The quantitative estimate of drug-likeness (QED) is 0.715.